The van der Waals surface area contributed by atoms with E-state index in [1.807, 2.05) is 121 Å². The van der Waals surface area contributed by atoms with Crippen LogP contribution in [-0.2, 0) is 88.2 Å². The number of fused-ring (bicyclic) bond motifs is 1. The van der Waals surface area contributed by atoms with Crippen LogP contribution in [0, 0.1) is 0 Å². The fourth-order valence-corrected chi connectivity index (χ4v) is 8.24. The predicted molar refractivity (Wildman–Crippen MR) is 231 cm³/mol. The Hall–Kier alpha value is -6.01. The predicted octanol–water partition coefficient (Wildman–Crippen LogP) is 4.83. The molecule has 3 aliphatic rings. The van der Waals surface area contributed by atoms with Crippen molar-refractivity contribution < 1.29 is 66.9 Å². The topological polar surface area (TPSA) is 187 Å². The summed E-state index contributed by atoms with van der Waals surface area (Å²) in [7, 11) is 0. The molecule has 1 aliphatic carbocycles. The number of amidine groups is 1. The maximum absolute atomic E-state index is 14.2. The Morgan fingerprint density at radius 1 is 0.615 bits per heavy atom. The van der Waals surface area contributed by atoms with Gasteiger partial charge in [0.1, 0.15) is 37.1 Å². The van der Waals surface area contributed by atoms with Crippen molar-refractivity contribution in [3.05, 3.63) is 144 Å². The number of amides is 1. The minimum absolute atomic E-state index is 0.0213. The molecule has 1 amide bonds. The molecule has 1 N–H and O–H groups in total. The third kappa shape index (κ3) is 11.6. The van der Waals surface area contributed by atoms with Gasteiger partial charge < -0.3 is 47.7 Å². The highest BCUT2D eigenvalue weighted by atomic mass is 16.7. The monoisotopic (exact) mass is 894 g/mol. The van der Waals surface area contributed by atoms with Crippen LogP contribution in [0.4, 0.5) is 0 Å². The van der Waals surface area contributed by atoms with E-state index < -0.39 is 91.0 Å². The number of rotatable bonds is 18. The van der Waals surface area contributed by atoms with Crippen LogP contribution in [0.2, 0.25) is 0 Å². The first-order chi connectivity index (χ1) is 31.4. The number of nitrogens with zero attached hydrogens (tertiary/aromatic N) is 2. The Morgan fingerprint density at radius 3 is 1.57 bits per heavy atom. The molecule has 7 rings (SSSR count). The number of esters is 3. The Labute approximate surface area is 377 Å². The normalized spacial score (nSPS) is 26.8. The van der Waals surface area contributed by atoms with Crippen LogP contribution >= 0.6 is 0 Å². The van der Waals surface area contributed by atoms with Gasteiger partial charge in [-0.15, -0.1) is 0 Å². The molecular formula is C49H54N2O14. The fraction of sp³-hybridized carbons (Fsp3) is 0.408. The highest BCUT2D eigenvalue weighted by Gasteiger charge is 2.69. The van der Waals surface area contributed by atoms with E-state index in [1.54, 1.807) is 0 Å². The summed E-state index contributed by atoms with van der Waals surface area (Å²) in [5.41, 5.74) is 1.21. The number of benzene rings is 4. The van der Waals surface area contributed by atoms with Crippen LogP contribution in [0.15, 0.2) is 126 Å². The summed E-state index contributed by atoms with van der Waals surface area (Å²) in [6, 6.07) is 36.5. The third-order valence-electron chi connectivity index (χ3n) is 11.2. The van der Waals surface area contributed by atoms with Gasteiger partial charge in [-0.1, -0.05) is 121 Å². The molecule has 2 aliphatic heterocycles. The first-order valence-electron chi connectivity index (χ1n) is 21.4. The lowest BCUT2D eigenvalue weighted by molar-refractivity contribution is -0.291. The SMILES string of the molecule is CC(=O)OC[C@]1(O)[C@H](OC(C)=O)[C@@H](OC(C)=O)[C@@H]2OC(N(C(C)=O)[C@H]3O[C@H](COCc4ccccc4)[C@@H](OCc4ccccc4)[C@H](OCc4ccccc4)[C@H]3OCc3ccccc3)=N[C@@H]21. The first-order valence-corrected chi connectivity index (χ1v) is 21.4. The summed E-state index contributed by atoms with van der Waals surface area (Å²) in [5, 5.41) is 12.3. The maximum Gasteiger partial charge on any atom is 0.303 e. The summed E-state index contributed by atoms with van der Waals surface area (Å²) in [5.74, 6) is -2.96. The van der Waals surface area contributed by atoms with Crippen molar-refractivity contribution in [1.29, 1.82) is 0 Å². The van der Waals surface area contributed by atoms with E-state index >= 15 is 0 Å². The Bertz CT molecular complexity index is 2230. The van der Waals surface area contributed by atoms with Gasteiger partial charge in [0.2, 0.25) is 5.91 Å². The molecule has 10 atom stereocenters. The van der Waals surface area contributed by atoms with Crippen LogP contribution in [0.1, 0.15) is 49.9 Å². The molecule has 2 fully saturated rings. The molecule has 0 spiro atoms. The van der Waals surface area contributed by atoms with Gasteiger partial charge in [-0.3, -0.25) is 19.2 Å². The Balaban J connectivity index is 1.31. The summed E-state index contributed by atoms with van der Waals surface area (Å²) in [6.07, 6.45) is -9.52. The van der Waals surface area contributed by atoms with Crippen molar-refractivity contribution >= 4 is 29.8 Å². The van der Waals surface area contributed by atoms with Gasteiger partial charge >= 0.3 is 17.9 Å². The van der Waals surface area contributed by atoms with Gasteiger partial charge in [0.15, 0.2) is 30.1 Å². The lowest BCUT2D eigenvalue weighted by Crippen LogP contribution is -2.66. The smallest absolute Gasteiger partial charge is 0.303 e. The van der Waals surface area contributed by atoms with Gasteiger partial charge in [0.25, 0.3) is 6.02 Å². The molecule has 2 heterocycles. The lowest BCUT2D eigenvalue weighted by atomic mass is 9.96. The summed E-state index contributed by atoms with van der Waals surface area (Å²) < 4.78 is 56.6. The van der Waals surface area contributed by atoms with E-state index in [9.17, 15) is 24.3 Å². The molecule has 4 aromatic rings. The lowest BCUT2D eigenvalue weighted by Gasteiger charge is -2.48. The molecule has 16 heteroatoms. The van der Waals surface area contributed by atoms with E-state index in [2.05, 4.69) is 0 Å². The van der Waals surface area contributed by atoms with Crippen LogP contribution in [0.3, 0.4) is 0 Å². The molecule has 0 unspecified atom stereocenters. The van der Waals surface area contributed by atoms with Gasteiger partial charge in [-0.05, 0) is 22.3 Å². The van der Waals surface area contributed by atoms with Gasteiger partial charge in [0, 0.05) is 27.7 Å². The van der Waals surface area contributed by atoms with Gasteiger partial charge in [-0.25, -0.2) is 9.89 Å². The number of carbonyl (C=O) groups is 4. The number of aliphatic hydroxyl groups is 1. The summed E-state index contributed by atoms with van der Waals surface area (Å²) in [6.45, 7) is 4.51. The van der Waals surface area contributed by atoms with Crippen molar-refractivity contribution in [3.8, 4) is 0 Å². The molecule has 0 radical (unpaired) electrons. The summed E-state index contributed by atoms with van der Waals surface area (Å²) in [4.78, 5) is 57.1. The average Bonchev–Trinajstić information content (AvgIpc) is 3.81. The van der Waals surface area contributed by atoms with Crippen LogP contribution in [0.5, 0.6) is 0 Å². The van der Waals surface area contributed by atoms with Crippen LogP contribution in [-0.4, -0.2) is 114 Å². The number of ether oxygens (including phenoxy) is 9. The molecule has 16 nitrogen and oxygen atoms in total. The highest BCUT2D eigenvalue weighted by molar-refractivity contribution is 5.94. The van der Waals surface area contributed by atoms with Crippen LogP contribution < -0.4 is 0 Å². The Morgan fingerprint density at radius 2 is 1.09 bits per heavy atom. The van der Waals surface area contributed by atoms with Crippen molar-refractivity contribution in [2.24, 2.45) is 4.99 Å². The highest BCUT2D eigenvalue weighted by Crippen LogP contribution is 2.44. The second-order valence-electron chi connectivity index (χ2n) is 16.1. The molecule has 0 bridgehead atoms. The molecule has 65 heavy (non-hydrogen) atoms. The largest absolute Gasteiger partial charge is 0.463 e. The van der Waals surface area contributed by atoms with E-state index in [1.165, 1.54) is 6.92 Å². The van der Waals surface area contributed by atoms with Crippen molar-refractivity contribution in [1.82, 2.24) is 4.90 Å². The molecule has 1 saturated heterocycles. The number of carbonyl (C=O) groups excluding carboxylic acids is 4. The molecule has 4 aromatic carbocycles. The molecular weight excluding hydrogens is 841 g/mol. The molecule has 1 saturated carbocycles. The zero-order valence-corrected chi connectivity index (χ0v) is 36.6. The molecule has 0 aromatic heterocycles. The summed E-state index contributed by atoms with van der Waals surface area (Å²) >= 11 is 0. The van der Waals surface area contributed by atoms with Crippen molar-refractivity contribution in [2.45, 2.75) is 115 Å². The standard InChI is InChI=1S/C49H54N2O14/c1-31(52)51(48-50-45-42(65-48)43(62-33(3)54)46(63-34(4)55)49(45,56)30-61-32(2)53)47-44(60-28-38-23-15-8-16-24-38)41(59-27-37-21-13-7-14-22-37)40(58-26-36-19-11-6-12-20-36)39(64-47)29-57-25-35-17-9-5-10-18-35/h5-24,39-47,56H,25-30H2,1-4H3/t39-,40-,41+,42+,43+,44-,45+,46-,47+,49-/m1/s1. The van der Waals surface area contributed by atoms with E-state index in [0.717, 1.165) is 47.9 Å². The zero-order valence-electron chi connectivity index (χ0n) is 36.6. The average molecular weight is 895 g/mol. The molecule has 344 valence electrons. The number of hydrogen-bond donors (Lipinski definition) is 1. The van der Waals surface area contributed by atoms with E-state index in [0.29, 0.717) is 0 Å². The number of aliphatic imine (C=N–C) groups is 1. The second kappa shape index (κ2) is 21.8. The minimum atomic E-state index is -2.28. The van der Waals surface area contributed by atoms with Crippen LogP contribution in [0.25, 0.3) is 0 Å². The van der Waals surface area contributed by atoms with Crippen molar-refractivity contribution in [3.63, 3.8) is 0 Å². The van der Waals surface area contributed by atoms with Gasteiger partial charge in [0.05, 0.1) is 33.0 Å². The van der Waals surface area contributed by atoms with E-state index in [-0.39, 0.29) is 39.1 Å². The van der Waals surface area contributed by atoms with Crippen molar-refractivity contribution in [2.75, 3.05) is 13.2 Å². The minimum Gasteiger partial charge on any atom is -0.463 e. The Kier molecular flexibility index (Phi) is 15.7. The number of hydrogen-bond acceptors (Lipinski definition) is 15. The first kappa shape index (κ1) is 47.0. The third-order valence-corrected chi connectivity index (χ3v) is 11.2. The fourth-order valence-electron chi connectivity index (χ4n) is 8.24. The van der Waals surface area contributed by atoms with E-state index in [4.69, 9.17) is 47.6 Å². The maximum atomic E-state index is 14.2. The second-order valence-corrected chi connectivity index (χ2v) is 16.1. The quantitative estimate of drug-likeness (QED) is 0.106. The van der Waals surface area contributed by atoms with Gasteiger partial charge in [-0.2, -0.15) is 0 Å². The zero-order chi connectivity index (χ0) is 45.9.